The zero-order valence-electron chi connectivity index (χ0n) is 13.9. The van der Waals surface area contributed by atoms with Crippen molar-refractivity contribution in [3.8, 4) is 11.8 Å². The van der Waals surface area contributed by atoms with Crippen LogP contribution in [0, 0.1) is 17.2 Å². The highest BCUT2D eigenvalue weighted by Gasteiger charge is 2.31. The third kappa shape index (κ3) is 4.47. The Balaban J connectivity index is 2.90. The van der Waals surface area contributed by atoms with Crippen LogP contribution in [0.15, 0.2) is 18.2 Å². The van der Waals surface area contributed by atoms with Crippen molar-refractivity contribution in [3.05, 3.63) is 23.8 Å². The third-order valence-electron chi connectivity index (χ3n) is 3.54. The second-order valence-electron chi connectivity index (χ2n) is 5.77. The highest BCUT2D eigenvalue weighted by molar-refractivity contribution is 5.97. The highest BCUT2D eigenvalue weighted by Crippen LogP contribution is 2.24. The van der Waals surface area contributed by atoms with Gasteiger partial charge in [-0.2, -0.15) is 5.26 Å². The molecule has 1 aromatic rings. The Morgan fingerprint density at radius 2 is 2.14 bits per heavy atom. The van der Waals surface area contributed by atoms with Gasteiger partial charge in [-0.25, -0.2) is 0 Å². The Kier molecular flexibility index (Phi) is 6.39. The standard InChI is InChI=1S/C17H24N2O3/c1-6-17(4,21-5)16(20)19-14-7-8-15(13(9-14)10-18)22-11-12(2)3/h7-9,12H,6,11H2,1-5H3,(H,19,20)/t17-/m0/s1. The van der Waals surface area contributed by atoms with E-state index in [9.17, 15) is 10.1 Å². The molecule has 1 rings (SSSR count). The Bertz CT molecular complexity index is 558. The maximum Gasteiger partial charge on any atom is 0.256 e. The fraction of sp³-hybridized carbons (Fsp3) is 0.529. The van der Waals surface area contributed by atoms with Crippen LogP contribution in [0.2, 0.25) is 0 Å². The number of hydrogen-bond donors (Lipinski definition) is 1. The molecule has 0 unspecified atom stereocenters. The fourth-order valence-electron chi connectivity index (χ4n) is 1.74. The summed E-state index contributed by atoms with van der Waals surface area (Å²) in [6.07, 6.45) is 0.552. The summed E-state index contributed by atoms with van der Waals surface area (Å²) < 4.78 is 10.9. The van der Waals surface area contributed by atoms with Gasteiger partial charge in [0.1, 0.15) is 17.4 Å². The highest BCUT2D eigenvalue weighted by atomic mass is 16.5. The second kappa shape index (κ2) is 7.81. The lowest BCUT2D eigenvalue weighted by Gasteiger charge is -2.25. The van der Waals surface area contributed by atoms with E-state index >= 15 is 0 Å². The van der Waals surface area contributed by atoms with Crippen LogP contribution < -0.4 is 10.1 Å². The molecule has 1 amide bonds. The Labute approximate surface area is 132 Å². The summed E-state index contributed by atoms with van der Waals surface area (Å²) in [5, 5.41) is 12.0. The van der Waals surface area contributed by atoms with Crippen molar-refractivity contribution in [3.63, 3.8) is 0 Å². The van der Waals surface area contributed by atoms with Crippen molar-refractivity contribution < 1.29 is 14.3 Å². The van der Waals surface area contributed by atoms with Crippen LogP contribution in [0.5, 0.6) is 5.75 Å². The molecule has 0 spiro atoms. The predicted octanol–water partition coefficient (Wildman–Crippen LogP) is 3.35. The SMILES string of the molecule is CC[C@](C)(OC)C(=O)Nc1ccc(OCC(C)C)c(C#N)c1. The summed E-state index contributed by atoms with van der Waals surface area (Å²) in [6, 6.07) is 7.13. The Morgan fingerprint density at radius 1 is 1.45 bits per heavy atom. The molecule has 0 aliphatic heterocycles. The van der Waals surface area contributed by atoms with Gasteiger partial charge in [0.05, 0.1) is 12.2 Å². The van der Waals surface area contributed by atoms with E-state index in [2.05, 4.69) is 11.4 Å². The van der Waals surface area contributed by atoms with E-state index in [1.165, 1.54) is 7.11 Å². The second-order valence-corrected chi connectivity index (χ2v) is 5.77. The molecule has 0 aromatic heterocycles. The van der Waals surface area contributed by atoms with Crippen LogP contribution in [0.3, 0.4) is 0 Å². The van der Waals surface area contributed by atoms with E-state index < -0.39 is 5.60 Å². The fourth-order valence-corrected chi connectivity index (χ4v) is 1.74. The van der Waals surface area contributed by atoms with Crippen LogP contribution in [-0.4, -0.2) is 25.2 Å². The van der Waals surface area contributed by atoms with Gasteiger partial charge in [0.25, 0.3) is 5.91 Å². The third-order valence-corrected chi connectivity index (χ3v) is 3.54. The first-order valence-electron chi connectivity index (χ1n) is 7.39. The molecular formula is C17H24N2O3. The molecule has 0 saturated heterocycles. The number of anilines is 1. The number of nitrogens with one attached hydrogen (secondary N) is 1. The van der Waals surface area contributed by atoms with Crippen LogP contribution >= 0.6 is 0 Å². The van der Waals surface area contributed by atoms with Gasteiger partial charge in [0, 0.05) is 12.8 Å². The number of ether oxygens (including phenoxy) is 2. The number of benzene rings is 1. The first-order chi connectivity index (χ1) is 10.4. The van der Waals surface area contributed by atoms with Crippen molar-refractivity contribution in [2.75, 3.05) is 19.0 Å². The summed E-state index contributed by atoms with van der Waals surface area (Å²) in [7, 11) is 1.51. The molecule has 0 heterocycles. The number of amides is 1. The summed E-state index contributed by atoms with van der Waals surface area (Å²) in [5.74, 6) is 0.661. The number of carbonyl (C=O) groups is 1. The first kappa shape index (κ1) is 18.0. The van der Waals surface area contributed by atoms with Crippen LogP contribution in [0.4, 0.5) is 5.69 Å². The topological polar surface area (TPSA) is 71.3 Å². The van der Waals surface area contributed by atoms with Gasteiger partial charge >= 0.3 is 0 Å². The number of rotatable bonds is 7. The molecule has 22 heavy (non-hydrogen) atoms. The van der Waals surface area contributed by atoms with Crippen molar-refractivity contribution in [2.45, 2.75) is 39.7 Å². The minimum atomic E-state index is -0.889. The van der Waals surface area contributed by atoms with E-state index in [-0.39, 0.29) is 5.91 Å². The summed E-state index contributed by atoms with van der Waals surface area (Å²) in [4.78, 5) is 12.2. The summed E-state index contributed by atoms with van der Waals surface area (Å²) >= 11 is 0. The quantitative estimate of drug-likeness (QED) is 0.838. The molecule has 1 N–H and O–H groups in total. The molecule has 5 heteroatoms. The zero-order valence-corrected chi connectivity index (χ0v) is 13.9. The summed E-state index contributed by atoms with van der Waals surface area (Å²) in [6.45, 7) is 8.23. The molecule has 1 aromatic carbocycles. The van der Waals surface area contributed by atoms with Crippen molar-refractivity contribution in [1.29, 1.82) is 5.26 Å². The van der Waals surface area contributed by atoms with Crippen LogP contribution in [0.25, 0.3) is 0 Å². The van der Waals surface area contributed by atoms with Gasteiger partial charge in [0.2, 0.25) is 0 Å². The minimum absolute atomic E-state index is 0.239. The minimum Gasteiger partial charge on any atom is -0.492 e. The molecular weight excluding hydrogens is 280 g/mol. The maximum atomic E-state index is 12.2. The largest absolute Gasteiger partial charge is 0.492 e. The molecule has 0 fully saturated rings. The maximum absolute atomic E-state index is 12.2. The number of nitrogens with zero attached hydrogens (tertiary/aromatic N) is 1. The number of carbonyl (C=O) groups excluding carboxylic acids is 1. The lowest BCUT2D eigenvalue weighted by molar-refractivity contribution is -0.136. The van der Waals surface area contributed by atoms with Crippen molar-refractivity contribution in [1.82, 2.24) is 0 Å². The monoisotopic (exact) mass is 304 g/mol. The first-order valence-corrected chi connectivity index (χ1v) is 7.39. The van der Waals surface area contributed by atoms with Crippen LogP contribution in [0.1, 0.15) is 39.7 Å². The molecule has 1 atom stereocenters. The van der Waals surface area contributed by atoms with Gasteiger partial charge in [-0.15, -0.1) is 0 Å². The van der Waals surface area contributed by atoms with E-state index in [1.807, 2.05) is 20.8 Å². The average molecular weight is 304 g/mol. The molecule has 120 valence electrons. The Hall–Kier alpha value is -2.06. The number of nitriles is 1. The van der Waals surface area contributed by atoms with Gasteiger partial charge < -0.3 is 14.8 Å². The van der Waals surface area contributed by atoms with Crippen molar-refractivity contribution >= 4 is 11.6 Å². The van der Waals surface area contributed by atoms with Crippen LogP contribution in [-0.2, 0) is 9.53 Å². The Morgan fingerprint density at radius 3 is 2.64 bits per heavy atom. The van der Waals surface area contributed by atoms with Gasteiger partial charge in [-0.1, -0.05) is 20.8 Å². The van der Waals surface area contributed by atoms with E-state index in [0.717, 1.165) is 0 Å². The lowest BCUT2D eigenvalue weighted by atomic mass is 10.0. The molecule has 0 bridgehead atoms. The zero-order chi connectivity index (χ0) is 16.8. The normalized spacial score (nSPS) is 13.3. The number of methoxy groups -OCH3 is 1. The molecule has 0 aliphatic rings. The average Bonchev–Trinajstić information content (AvgIpc) is 2.52. The van der Waals surface area contributed by atoms with Gasteiger partial charge in [0.15, 0.2) is 0 Å². The number of hydrogen-bond acceptors (Lipinski definition) is 4. The van der Waals surface area contributed by atoms with E-state index in [4.69, 9.17) is 9.47 Å². The van der Waals surface area contributed by atoms with Gasteiger partial charge in [-0.3, -0.25) is 4.79 Å². The molecule has 0 radical (unpaired) electrons. The summed E-state index contributed by atoms with van der Waals surface area (Å²) in [5.41, 5.74) is 0.0591. The van der Waals surface area contributed by atoms with E-state index in [0.29, 0.717) is 35.9 Å². The lowest BCUT2D eigenvalue weighted by Crippen LogP contribution is -2.41. The molecule has 0 aliphatic carbocycles. The smallest absolute Gasteiger partial charge is 0.256 e. The molecule has 5 nitrogen and oxygen atoms in total. The van der Waals surface area contributed by atoms with E-state index in [1.54, 1.807) is 25.1 Å². The van der Waals surface area contributed by atoms with Gasteiger partial charge in [-0.05, 0) is 37.5 Å². The molecule has 0 saturated carbocycles. The predicted molar refractivity (Wildman–Crippen MR) is 85.8 cm³/mol. The van der Waals surface area contributed by atoms with Crippen molar-refractivity contribution in [2.24, 2.45) is 5.92 Å².